The number of hydrogen-bond donors (Lipinski definition) is 2. The molecule has 2 rings (SSSR count). The third kappa shape index (κ3) is 4.16. The van der Waals surface area contributed by atoms with Crippen LogP contribution in [0.25, 0.3) is 0 Å². The van der Waals surface area contributed by atoms with Gasteiger partial charge in [0.05, 0.1) is 9.35 Å². The van der Waals surface area contributed by atoms with Crippen LogP contribution >= 0.6 is 27.3 Å². The number of thiophene rings is 1. The second-order valence-corrected chi connectivity index (χ2v) is 6.47. The van der Waals surface area contributed by atoms with E-state index in [1.54, 1.807) is 0 Å². The highest BCUT2D eigenvalue weighted by Crippen LogP contribution is 2.20. The maximum absolute atomic E-state index is 11.9. The molecule has 0 aliphatic rings. The summed E-state index contributed by atoms with van der Waals surface area (Å²) in [6, 6.07) is 9.97. The van der Waals surface area contributed by atoms with Crippen molar-refractivity contribution in [3.8, 4) is 0 Å². The van der Waals surface area contributed by atoms with Crippen molar-refractivity contribution in [3.63, 3.8) is 0 Å². The number of rotatable bonds is 5. The topological polar surface area (TPSA) is 55.1 Å². The highest BCUT2D eigenvalue weighted by molar-refractivity contribution is 9.11. The fourth-order valence-corrected chi connectivity index (χ4v) is 2.84. The average Bonchev–Trinajstić information content (AvgIpc) is 2.85. The minimum Gasteiger partial charge on any atom is -0.348 e. The highest BCUT2D eigenvalue weighted by atomic mass is 79.9. The van der Waals surface area contributed by atoms with Gasteiger partial charge in [0.15, 0.2) is 0 Å². The molecule has 3 N–H and O–H groups in total. The lowest BCUT2D eigenvalue weighted by Crippen LogP contribution is -2.22. The standard InChI is InChI=1S/C14H15BrN2OS/c15-13-7-12(9-19-13)14(18)17-8-11-3-1-10(2-4-11)5-6-16/h1-4,7,9H,5-6,8,16H2,(H,17,18). The van der Waals surface area contributed by atoms with Gasteiger partial charge in [-0.05, 0) is 46.1 Å². The molecule has 5 heteroatoms. The maximum atomic E-state index is 11.9. The molecule has 1 aromatic carbocycles. The van der Waals surface area contributed by atoms with Gasteiger partial charge in [-0.25, -0.2) is 0 Å². The zero-order chi connectivity index (χ0) is 13.7. The fourth-order valence-electron chi connectivity index (χ4n) is 1.70. The third-order valence-corrected chi connectivity index (χ3v) is 4.24. The number of carbonyl (C=O) groups excluding carboxylic acids is 1. The van der Waals surface area contributed by atoms with Crippen molar-refractivity contribution in [2.24, 2.45) is 5.73 Å². The maximum Gasteiger partial charge on any atom is 0.252 e. The Bertz CT molecular complexity index is 551. The molecule has 0 atom stereocenters. The highest BCUT2D eigenvalue weighted by Gasteiger charge is 2.07. The first kappa shape index (κ1) is 14.2. The number of hydrogen-bond acceptors (Lipinski definition) is 3. The van der Waals surface area contributed by atoms with Crippen LogP contribution in [0.2, 0.25) is 0 Å². The van der Waals surface area contributed by atoms with Gasteiger partial charge in [-0.3, -0.25) is 4.79 Å². The first-order valence-electron chi connectivity index (χ1n) is 5.99. The van der Waals surface area contributed by atoms with Crippen molar-refractivity contribution >= 4 is 33.2 Å². The minimum atomic E-state index is -0.0482. The Hall–Kier alpha value is -1.17. The molecule has 19 heavy (non-hydrogen) atoms. The second kappa shape index (κ2) is 6.84. The van der Waals surface area contributed by atoms with Crippen LogP contribution in [0, 0.1) is 0 Å². The lowest BCUT2D eigenvalue weighted by molar-refractivity contribution is 0.0951. The minimum absolute atomic E-state index is 0.0482. The van der Waals surface area contributed by atoms with Crippen LogP contribution in [-0.4, -0.2) is 12.5 Å². The Morgan fingerprint density at radius 1 is 1.26 bits per heavy atom. The van der Waals surface area contributed by atoms with Crippen LogP contribution < -0.4 is 11.1 Å². The van der Waals surface area contributed by atoms with Crippen molar-refractivity contribution in [3.05, 3.63) is 56.2 Å². The van der Waals surface area contributed by atoms with E-state index in [0.717, 1.165) is 15.8 Å². The number of halogens is 1. The molecular formula is C14H15BrN2OS. The molecule has 2 aromatic rings. The van der Waals surface area contributed by atoms with E-state index in [1.807, 2.05) is 23.6 Å². The molecule has 100 valence electrons. The largest absolute Gasteiger partial charge is 0.348 e. The summed E-state index contributed by atoms with van der Waals surface area (Å²) in [5.41, 5.74) is 8.50. The molecule has 0 fully saturated rings. The Morgan fingerprint density at radius 3 is 2.53 bits per heavy atom. The SMILES string of the molecule is NCCc1ccc(CNC(=O)c2csc(Br)c2)cc1. The molecule has 0 aliphatic carbocycles. The van der Waals surface area contributed by atoms with Crippen LogP contribution in [0.5, 0.6) is 0 Å². The van der Waals surface area contributed by atoms with Crippen LogP contribution in [0.3, 0.4) is 0 Å². The predicted molar refractivity (Wildman–Crippen MR) is 82.4 cm³/mol. The zero-order valence-electron chi connectivity index (χ0n) is 10.4. The van der Waals surface area contributed by atoms with Crippen LogP contribution in [0.15, 0.2) is 39.5 Å². The number of nitrogens with one attached hydrogen (secondary N) is 1. The number of nitrogens with two attached hydrogens (primary N) is 1. The van der Waals surface area contributed by atoms with Gasteiger partial charge in [0.1, 0.15) is 0 Å². The van der Waals surface area contributed by atoms with Crippen LogP contribution in [0.1, 0.15) is 21.5 Å². The molecule has 1 aromatic heterocycles. The van der Waals surface area contributed by atoms with Crippen molar-refractivity contribution < 1.29 is 4.79 Å². The van der Waals surface area contributed by atoms with E-state index in [-0.39, 0.29) is 5.91 Å². The predicted octanol–water partition coefficient (Wildman–Crippen LogP) is 2.94. The normalized spacial score (nSPS) is 10.4. The lowest BCUT2D eigenvalue weighted by atomic mass is 10.1. The summed E-state index contributed by atoms with van der Waals surface area (Å²) >= 11 is 4.85. The van der Waals surface area contributed by atoms with Crippen LogP contribution in [0.4, 0.5) is 0 Å². The number of carbonyl (C=O) groups is 1. The molecule has 0 bridgehead atoms. The molecule has 0 unspecified atom stereocenters. The summed E-state index contributed by atoms with van der Waals surface area (Å²) in [4.78, 5) is 11.9. The fraction of sp³-hybridized carbons (Fsp3) is 0.214. The zero-order valence-corrected chi connectivity index (χ0v) is 12.8. The Balaban J connectivity index is 1.89. The first-order chi connectivity index (χ1) is 9.19. The van der Waals surface area contributed by atoms with Gasteiger partial charge < -0.3 is 11.1 Å². The van der Waals surface area contributed by atoms with E-state index in [0.29, 0.717) is 18.7 Å². The summed E-state index contributed by atoms with van der Waals surface area (Å²) in [6.07, 6.45) is 0.884. The van der Waals surface area contributed by atoms with Gasteiger partial charge in [0, 0.05) is 11.9 Å². The van der Waals surface area contributed by atoms with Gasteiger partial charge in [0.25, 0.3) is 5.91 Å². The van der Waals surface area contributed by atoms with Gasteiger partial charge in [-0.15, -0.1) is 11.3 Å². The van der Waals surface area contributed by atoms with E-state index in [1.165, 1.54) is 16.9 Å². The monoisotopic (exact) mass is 338 g/mol. The van der Waals surface area contributed by atoms with Gasteiger partial charge in [-0.1, -0.05) is 24.3 Å². The summed E-state index contributed by atoms with van der Waals surface area (Å²) in [7, 11) is 0. The molecular weight excluding hydrogens is 324 g/mol. The van der Waals surface area contributed by atoms with Gasteiger partial charge in [-0.2, -0.15) is 0 Å². The number of benzene rings is 1. The molecule has 0 saturated carbocycles. The molecule has 0 saturated heterocycles. The molecule has 1 heterocycles. The van der Waals surface area contributed by atoms with E-state index in [9.17, 15) is 4.79 Å². The van der Waals surface area contributed by atoms with E-state index < -0.39 is 0 Å². The van der Waals surface area contributed by atoms with Crippen molar-refractivity contribution in [2.75, 3.05) is 6.54 Å². The van der Waals surface area contributed by atoms with Crippen molar-refractivity contribution in [1.82, 2.24) is 5.32 Å². The average molecular weight is 339 g/mol. The van der Waals surface area contributed by atoms with E-state index in [2.05, 4.69) is 33.4 Å². The molecule has 0 aliphatic heterocycles. The summed E-state index contributed by atoms with van der Waals surface area (Å²) < 4.78 is 0.962. The third-order valence-electron chi connectivity index (χ3n) is 2.74. The lowest BCUT2D eigenvalue weighted by Gasteiger charge is -2.05. The van der Waals surface area contributed by atoms with E-state index in [4.69, 9.17) is 5.73 Å². The Morgan fingerprint density at radius 2 is 1.95 bits per heavy atom. The molecule has 1 amide bonds. The summed E-state index contributed by atoms with van der Waals surface area (Å²) in [5, 5.41) is 4.74. The van der Waals surface area contributed by atoms with Crippen molar-refractivity contribution in [1.29, 1.82) is 0 Å². The number of amides is 1. The smallest absolute Gasteiger partial charge is 0.252 e. The van der Waals surface area contributed by atoms with Gasteiger partial charge >= 0.3 is 0 Å². The molecule has 0 spiro atoms. The Kier molecular flexibility index (Phi) is 5.13. The first-order valence-corrected chi connectivity index (χ1v) is 7.66. The van der Waals surface area contributed by atoms with Crippen LogP contribution in [-0.2, 0) is 13.0 Å². The summed E-state index contributed by atoms with van der Waals surface area (Å²) in [6.45, 7) is 1.19. The summed E-state index contributed by atoms with van der Waals surface area (Å²) in [5.74, 6) is -0.0482. The quantitative estimate of drug-likeness (QED) is 0.880. The van der Waals surface area contributed by atoms with Gasteiger partial charge in [0.2, 0.25) is 0 Å². The second-order valence-electron chi connectivity index (χ2n) is 4.18. The van der Waals surface area contributed by atoms with E-state index >= 15 is 0 Å². The Labute approximate surface area is 125 Å². The molecule has 3 nitrogen and oxygen atoms in total. The van der Waals surface area contributed by atoms with Crippen molar-refractivity contribution in [2.45, 2.75) is 13.0 Å². The molecule has 0 radical (unpaired) electrons.